The summed E-state index contributed by atoms with van der Waals surface area (Å²) in [6.07, 6.45) is 1.43. The van der Waals surface area contributed by atoms with Crippen molar-refractivity contribution in [1.29, 1.82) is 0 Å². The van der Waals surface area contributed by atoms with Crippen LogP contribution in [0, 0.1) is 12.7 Å². The molecule has 2 amide bonds. The zero-order valence-electron chi connectivity index (χ0n) is 17.0. The lowest BCUT2D eigenvalue weighted by molar-refractivity contribution is -0.140. The summed E-state index contributed by atoms with van der Waals surface area (Å²) in [6.45, 7) is 1.97. The molecule has 2 N–H and O–H groups in total. The van der Waals surface area contributed by atoms with Gasteiger partial charge in [-0.15, -0.1) is 0 Å². The lowest BCUT2D eigenvalue weighted by Gasteiger charge is -2.34. The average molecular weight is 453 g/mol. The Morgan fingerprint density at radius 2 is 2.00 bits per heavy atom. The standard InChI is InChI=1S/C20H24FN3O6S/c1-14-12-16(5-6-17(14)21)31(27,28)24-9-3-11-30-18(24)13-23-20(26)19(25)22-8-7-15-4-2-10-29-15/h2,4-6,10,12,18H,3,7-9,11,13H2,1H3,(H,22,25)(H,23,26). The van der Waals surface area contributed by atoms with Gasteiger partial charge in [-0.3, -0.25) is 9.59 Å². The first-order chi connectivity index (χ1) is 14.8. The molecule has 1 fully saturated rings. The molecule has 1 aromatic heterocycles. The van der Waals surface area contributed by atoms with Crippen molar-refractivity contribution in [2.45, 2.75) is 30.9 Å². The fourth-order valence-electron chi connectivity index (χ4n) is 3.11. The molecule has 1 unspecified atom stereocenters. The third-order valence-electron chi connectivity index (χ3n) is 4.77. The summed E-state index contributed by atoms with van der Waals surface area (Å²) >= 11 is 0. The molecule has 0 spiro atoms. The number of rotatable bonds is 7. The van der Waals surface area contributed by atoms with E-state index < -0.39 is 33.9 Å². The van der Waals surface area contributed by atoms with Crippen LogP contribution in [0.5, 0.6) is 0 Å². The minimum atomic E-state index is -3.98. The summed E-state index contributed by atoms with van der Waals surface area (Å²) in [6, 6.07) is 7.01. The maximum Gasteiger partial charge on any atom is 0.309 e. The molecule has 11 heteroatoms. The Bertz CT molecular complexity index is 1030. The quantitative estimate of drug-likeness (QED) is 0.603. The third-order valence-corrected chi connectivity index (χ3v) is 6.66. The van der Waals surface area contributed by atoms with E-state index in [2.05, 4.69) is 10.6 Å². The van der Waals surface area contributed by atoms with Gasteiger partial charge < -0.3 is 19.8 Å². The van der Waals surface area contributed by atoms with Gasteiger partial charge in [0.05, 0.1) is 24.3 Å². The van der Waals surface area contributed by atoms with Crippen molar-refractivity contribution < 1.29 is 31.6 Å². The molecule has 168 valence electrons. The van der Waals surface area contributed by atoms with Crippen LogP contribution in [0.1, 0.15) is 17.7 Å². The van der Waals surface area contributed by atoms with Gasteiger partial charge in [0.2, 0.25) is 10.0 Å². The van der Waals surface area contributed by atoms with Gasteiger partial charge in [-0.2, -0.15) is 4.31 Å². The zero-order valence-corrected chi connectivity index (χ0v) is 17.8. The molecule has 1 saturated heterocycles. The van der Waals surface area contributed by atoms with Gasteiger partial charge in [-0.25, -0.2) is 12.8 Å². The van der Waals surface area contributed by atoms with Crippen molar-refractivity contribution in [3.63, 3.8) is 0 Å². The SMILES string of the molecule is Cc1cc(S(=O)(=O)N2CCCOC2CNC(=O)C(=O)NCCc2ccco2)ccc1F. The number of benzene rings is 1. The van der Waals surface area contributed by atoms with Crippen molar-refractivity contribution in [2.24, 2.45) is 0 Å². The van der Waals surface area contributed by atoms with Crippen molar-refractivity contribution in [3.05, 3.63) is 53.7 Å². The van der Waals surface area contributed by atoms with Gasteiger partial charge >= 0.3 is 11.8 Å². The Hall–Kier alpha value is -2.76. The van der Waals surface area contributed by atoms with E-state index in [1.54, 1.807) is 12.1 Å². The van der Waals surface area contributed by atoms with E-state index in [1.807, 2.05) is 0 Å². The highest BCUT2D eigenvalue weighted by Gasteiger charge is 2.35. The second kappa shape index (κ2) is 10.0. The van der Waals surface area contributed by atoms with E-state index in [-0.39, 0.29) is 30.1 Å². The lowest BCUT2D eigenvalue weighted by Crippen LogP contribution is -2.53. The molecule has 2 heterocycles. The van der Waals surface area contributed by atoms with E-state index >= 15 is 0 Å². The van der Waals surface area contributed by atoms with Crippen LogP contribution in [0.2, 0.25) is 0 Å². The summed E-state index contributed by atoms with van der Waals surface area (Å²) < 4.78 is 51.3. The highest BCUT2D eigenvalue weighted by molar-refractivity contribution is 7.89. The Balaban J connectivity index is 1.58. The van der Waals surface area contributed by atoms with Crippen molar-refractivity contribution in [3.8, 4) is 0 Å². The smallest absolute Gasteiger partial charge is 0.309 e. The van der Waals surface area contributed by atoms with Crippen LogP contribution in [0.25, 0.3) is 0 Å². The third kappa shape index (κ3) is 5.69. The van der Waals surface area contributed by atoms with Gasteiger partial charge in [-0.05, 0) is 49.2 Å². The van der Waals surface area contributed by atoms with Gasteiger partial charge in [-0.1, -0.05) is 0 Å². The van der Waals surface area contributed by atoms with Crippen molar-refractivity contribution >= 4 is 21.8 Å². The summed E-state index contributed by atoms with van der Waals surface area (Å²) in [5.41, 5.74) is 0.204. The van der Waals surface area contributed by atoms with Crippen LogP contribution in [0.3, 0.4) is 0 Å². The predicted octanol–water partition coefficient (Wildman–Crippen LogP) is 0.939. The zero-order chi connectivity index (χ0) is 22.4. The molecule has 0 bridgehead atoms. The van der Waals surface area contributed by atoms with E-state index in [0.717, 1.165) is 10.4 Å². The van der Waals surface area contributed by atoms with Gasteiger partial charge in [0.1, 0.15) is 17.8 Å². The highest BCUT2D eigenvalue weighted by atomic mass is 32.2. The number of amides is 2. The van der Waals surface area contributed by atoms with Crippen LogP contribution < -0.4 is 10.6 Å². The number of furan rings is 1. The molecule has 3 rings (SSSR count). The van der Waals surface area contributed by atoms with E-state index in [4.69, 9.17) is 9.15 Å². The number of nitrogens with zero attached hydrogens (tertiary/aromatic N) is 1. The molecule has 0 radical (unpaired) electrons. The molecular weight excluding hydrogens is 429 g/mol. The Labute approximate surface area is 179 Å². The lowest BCUT2D eigenvalue weighted by atomic mass is 10.2. The number of halogens is 1. The molecule has 31 heavy (non-hydrogen) atoms. The summed E-state index contributed by atoms with van der Waals surface area (Å²) in [4.78, 5) is 24.0. The number of carbonyl (C=O) groups is 2. The fourth-order valence-corrected chi connectivity index (χ4v) is 4.76. The van der Waals surface area contributed by atoms with Gasteiger partial charge in [0.25, 0.3) is 0 Å². The van der Waals surface area contributed by atoms with Crippen LogP contribution in [0.15, 0.2) is 45.9 Å². The van der Waals surface area contributed by atoms with E-state index in [0.29, 0.717) is 25.2 Å². The van der Waals surface area contributed by atoms with Gasteiger partial charge in [0, 0.05) is 19.5 Å². The molecule has 2 aromatic rings. The second-order valence-corrected chi connectivity index (χ2v) is 8.89. The van der Waals surface area contributed by atoms with Gasteiger partial charge in [0.15, 0.2) is 0 Å². The van der Waals surface area contributed by atoms with Crippen LogP contribution in [-0.2, 0) is 30.8 Å². The summed E-state index contributed by atoms with van der Waals surface area (Å²) in [5.74, 6) is -1.57. The molecular formula is C20H24FN3O6S. The number of ether oxygens (including phenoxy) is 1. The minimum absolute atomic E-state index is 0.0658. The van der Waals surface area contributed by atoms with Crippen LogP contribution in [0.4, 0.5) is 4.39 Å². The molecule has 0 saturated carbocycles. The van der Waals surface area contributed by atoms with E-state index in [1.165, 1.54) is 25.3 Å². The Morgan fingerprint density at radius 3 is 2.71 bits per heavy atom. The monoisotopic (exact) mass is 453 g/mol. The first-order valence-electron chi connectivity index (χ1n) is 9.77. The normalized spacial score (nSPS) is 17.3. The van der Waals surface area contributed by atoms with Crippen molar-refractivity contribution in [1.82, 2.24) is 14.9 Å². The Morgan fingerprint density at radius 1 is 1.23 bits per heavy atom. The largest absolute Gasteiger partial charge is 0.469 e. The van der Waals surface area contributed by atoms with Crippen LogP contribution in [-0.4, -0.2) is 57.0 Å². The molecule has 9 nitrogen and oxygen atoms in total. The summed E-state index contributed by atoms with van der Waals surface area (Å²) in [7, 11) is -3.98. The van der Waals surface area contributed by atoms with E-state index in [9.17, 15) is 22.4 Å². The fraction of sp³-hybridized carbons (Fsp3) is 0.400. The Kier molecular flexibility index (Phi) is 7.42. The second-order valence-electron chi connectivity index (χ2n) is 7.00. The van der Waals surface area contributed by atoms with Crippen molar-refractivity contribution in [2.75, 3.05) is 26.2 Å². The number of sulfonamides is 1. The summed E-state index contributed by atoms with van der Waals surface area (Å²) in [5, 5.41) is 4.87. The molecule has 1 aliphatic rings. The predicted molar refractivity (Wildman–Crippen MR) is 108 cm³/mol. The molecule has 1 aliphatic heterocycles. The first-order valence-corrected chi connectivity index (χ1v) is 11.2. The minimum Gasteiger partial charge on any atom is -0.469 e. The maximum absolute atomic E-state index is 13.5. The highest BCUT2D eigenvalue weighted by Crippen LogP contribution is 2.23. The van der Waals surface area contributed by atoms with Crippen LogP contribution >= 0.6 is 0 Å². The number of aryl methyl sites for hydroxylation is 1. The number of carbonyl (C=O) groups excluding carboxylic acids is 2. The first kappa shape index (κ1) is 22.9. The number of hydrogen-bond donors (Lipinski definition) is 2. The molecule has 0 aliphatic carbocycles. The maximum atomic E-state index is 13.5. The average Bonchev–Trinajstić information content (AvgIpc) is 3.27. The number of hydrogen-bond acceptors (Lipinski definition) is 6. The topological polar surface area (TPSA) is 118 Å². The molecule has 1 atom stereocenters. The number of nitrogens with one attached hydrogen (secondary N) is 2. The molecule has 1 aromatic carbocycles.